The summed E-state index contributed by atoms with van der Waals surface area (Å²) in [5, 5.41) is 0. The van der Waals surface area contributed by atoms with Crippen LogP contribution in [0.1, 0.15) is 47.5 Å². The molecule has 4 rings (SSSR count). The maximum absolute atomic E-state index is 12.8. The van der Waals surface area contributed by atoms with Gasteiger partial charge >= 0.3 is 0 Å². The summed E-state index contributed by atoms with van der Waals surface area (Å²) in [5.41, 5.74) is 3.04. The third kappa shape index (κ3) is 5.42. The fourth-order valence-electron chi connectivity index (χ4n) is 3.82. The molecule has 2 aromatic heterocycles. The Hall–Kier alpha value is -3.02. The zero-order valence-corrected chi connectivity index (χ0v) is 20.5. The van der Waals surface area contributed by atoms with Gasteiger partial charge in [0, 0.05) is 30.9 Å². The number of hydrogen-bond acceptors (Lipinski definition) is 5. The summed E-state index contributed by atoms with van der Waals surface area (Å²) in [6, 6.07) is 11.1. The number of hydrogen-bond donors (Lipinski definition) is 0. The molecule has 0 bridgehead atoms. The number of pyridine rings is 1. The molecule has 0 saturated carbocycles. The van der Waals surface area contributed by atoms with Crippen LogP contribution in [0, 0.1) is 5.92 Å². The Morgan fingerprint density at radius 3 is 2.34 bits per heavy atom. The highest BCUT2D eigenvalue weighted by molar-refractivity contribution is 5.66. The predicted octanol–water partition coefficient (Wildman–Crippen LogP) is 5.67. The molecule has 174 valence electrons. The summed E-state index contributed by atoms with van der Waals surface area (Å²) in [7, 11) is 3.19. The average molecular weight is 440 g/mol. The maximum Gasteiger partial charge on any atom is 0.258 e. The monoisotopic (exact) mass is 439 g/mol. The van der Waals surface area contributed by atoms with Crippen molar-refractivity contribution in [2.24, 2.45) is 5.92 Å². The number of fused-ring (bicyclic) bond motifs is 1. The Balaban J connectivity index is 0.000000860. The molecule has 6 heteroatoms. The van der Waals surface area contributed by atoms with Crippen LogP contribution in [0.3, 0.4) is 0 Å². The highest BCUT2D eigenvalue weighted by Crippen LogP contribution is 2.31. The third-order valence-electron chi connectivity index (χ3n) is 5.55. The smallest absolute Gasteiger partial charge is 0.258 e. The van der Waals surface area contributed by atoms with E-state index in [9.17, 15) is 4.79 Å². The first-order valence-electron chi connectivity index (χ1n) is 11.6. The first kappa shape index (κ1) is 25.2. The van der Waals surface area contributed by atoms with Crippen molar-refractivity contribution in [3.63, 3.8) is 0 Å². The van der Waals surface area contributed by atoms with Crippen LogP contribution < -0.4 is 19.9 Å². The topological polar surface area (TPSA) is 56.1 Å². The molecule has 0 N–H and O–H groups in total. The number of nitrogens with zero attached hydrogens (tertiary/aromatic N) is 3. The van der Waals surface area contributed by atoms with Crippen molar-refractivity contribution in [2.75, 3.05) is 32.2 Å². The number of anilines is 1. The van der Waals surface area contributed by atoms with E-state index in [4.69, 9.17) is 9.47 Å². The normalized spacial score (nSPS) is 14.8. The van der Waals surface area contributed by atoms with Crippen molar-refractivity contribution >= 4 is 11.3 Å². The summed E-state index contributed by atoms with van der Waals surface area (Å²) in [4.78, 5) is 19.8. The lowest BCUT2D eigenvalue weighted by Crippen LogP contribution is -2.22. The fourth-order valence-corrected chi connectivity index (χ4v) is 3.82. The summed E-state index contributed by atoms with van der Waals surface area (Å²) in [6.45, 7) is 12.3. The number of benzene rings is 1. The van der Waals surface area contributed by atoms with E-state index in [0.717, 1.165) is 30.3 Å². The molecular formula is C26H37N3O3. The van der Waals surface area contributed by atoms with Crippen molar-refractivity contribution in [3.8, 4) is 22.8 Å². The van der Waals surface area contributed by atoms with Crippen LogP contribution in [0.4, 0.5) is 5.69 Å². The first-order valence-corrected chi connectivity index (χ1v) is 11.6. The molecule has 6 nitrogen and oxygen atoms in total. The van der Waals surface area contributed by atoms with Crippen LogP contribution in [-0.2, 0) is 0 Å². The lowest BCUT2D eigenvalue weighted by Gasteiger charge is -2.19. The van der Waals surface area contributed by atoms with Crippen molar-refractivity contribution in [1.29, 1.82) is 0 Å². The second-order valence-corrected chi connectivity index (χ2v) is 7.17. The molecule has 0 radical (unpaired) electrons. The van der Waals surface area contributed by atoms with Crippen molar-refractivity contribution < 1.29 is 9.47 Å². The summed E-state index contributed by atoms with van der Waals surface area (Å²) >= 11 is 0. The first-order chi connectivity index (χ1) is 15.6. The third-order valence-corrected chi connectivity index (χ3v) is 5.55. The van der Waals surface area contributed by atoms with E-state index in [1.54, 1.807) is 24.7 Å². The minimum atomic E-state index is -0.0946. The molecule has 0 spiro atoms. The van der Waals surface area contributed by atoms with E-state index in [2.05, 4.69) is 22.9 Å². The van der Waals surface area contributed by atoms with Crippen molar-refractivity contribution in [3.05, 3.63) is 52.9 Å². The Morgan fingerprint density at radius 1 is 1.00 bits per heavy atom. The van der Waals surface area contributed by atoms with Gasteiger partial charge in [0.2, 0.25) is 0 Å². The van der Waals surface area contributed by atoms with Gasteiger partial charge in [0.15, 0.2) is 11.5 Å². The van der Waals surface area contributed by atoms with E-state index < -0.39 is 0 Å². The largest absolute Gasteiger partial charge is 0.493 e. The van der Waals surface area contributed by atoms with Gasteiger partial charge in [0.25, 0.3) is 5.56 Å². The number of methoxy groups -OCH3 is 2. The van der Waals surface area contributed by atoms with E-state index in [-0.39, 0.29) is 5.56 Å². The zero-order valence-electron chi connectivity index (χ0n) is 20.5. The van der Waals surface area contributed by atoms with Gasteiger partial charge < -0.3 is 14.4 Å². The van der Waals surface area contributed by atoms with Gasteiger partial charge in [0.05, 0.1) is 25.6 Å². The summed E-state index contributed by atoms with van der Waals surface area (Å²) in [6.07, 6.45) is 4.31. The van der Waals surface area contributed by atoms with Gasteiger partial charge in [-0.15, -0.1) is 0 Å². The second-order valence-electron chi connectivity index (χ2n) is 7.17. The number of ether oxygens (including phenoxy) is 2. The second kappa shape index (κ2) is 12.1. The van der Waals surface area contributed by atoms with E-state index in [0.29, 0.717) is 22.8 Å². The van der Waals surface area contributed by atoms with Gasteiger partial charge in [-0.25, -0.2) is 4.98 Å². The Bertz CT molecular complexity index is 1060. The van der Waals surface area contributed by atoms with Crippen molar-refractivity contribution in [2.45, 2.75) is 47.5 Å². The van der Waals surface area contributed by atoms with Crippen LogP contribution >= 0.6 is 0 Å². The molecule has 3 heterocycles. The van der Waals surface area contributed by atoms with Crippen LogP contribution in [0.2, 0.25) is 0 Å². The fraction of sp³-hybridized carbons (Fsp3) is 0.462. The summed E-state index contributed by atoms with van der Waals surface area (Å²) < 4.78 is 12.3. The molecule has 1 aliphatic heterocycles. The maximum atomic E-state index is 12.8. The SMILES string of the molecule is CC.CC.CC[C@H]1CCN(c2ccc3nc(-c4ccc(OC)c(OC)c4)cc(=O)n3c2)C1. The Labute approximate surface area is 191 Å². The average Bonchev–Trinajstić information content (AvgIpc) is 3.35. The molecule has 3 aromatic rings. The van der Waals surface area contributed by atoms with Crippen LogP contribution in [0.5, 0.6) is 11.5 Å². The van der Waals surface area contributed by atoms with Crippen LogP contribution in [0.15, 0.2) is 47.4 Å². The van der Waals surface area contributed by atoms with Gasteiger partial charge in [-0.3, -0.25) is 9.20 Å². The Kier molecular flexibility index (Phi) is 9.57. The van der Waals surface area contributed by atoms with Gasteiger partial charge in [-0.1, -0.05) is 41.0 Å². The lowest BCUT2D eigenvalue weighted by atomic mass is 10.1. The molecule has 1 aliphatic rings. The summed E-state index contributed by atoms with van der Waals surface area (Å²) in [5.74, 6) is 1.99. The molecule has 1 saturated heterocycles. The van der Waals surface area contributed by atoms with E-state index >= 15 is 0 Å². The predicted molar refractivity (Wildman–Crippen MR) is 133 cm³/mol. The van der Waals surface area contributed by atoms with Crippen molar-refractivity contribution in [1.82, 2.24) is 9.38 Å². The quantitative estimate of drug-likeness (QED) is 0.513. The molecule has 1 aromatic carbocycles. The molecule has 1 atom stereocenters. The molecule has 0 unspecified atom stereocenters. The van der Waals surface area contributed by atoms with Gasteiger partial charge in [0.1, 0.15) is 5.65 Å². The highest BCUT2D eigenvalue weighted by Gasteiger charge is 2.21. The minimum Gasteiger partial charge on any atom is -0.493 e. The van der Waals surface area contributed by atoms with Gasteiger partial charge in [-0.05, 0) is 42.7 Å². The highest BCUT2D eigenvalue weighted by atomic mass is 16.5. The minimum absolute atomic E-state index is 0.0946. The molecule has 1 fully saturated rings. The van der Waals surface area contributed by atoms with E-state index in [1.807, 2.05) is 58.2 Å². The lowest BCUT2D eigenvalue weighted by molar-refractivity contribution is 0.355. The molecule has 0 amide bonds. The van der Waals surface area contributed by atoms with E-state index in [1.165, 1.54) is 12.8 Å². The van der Waals surface area contributed by atoms with Crippen LogP contribution in [0.25, 0.3) is 16.9 Å². The standard InChI is InChI=1S/C22H25N3O3.2C2H6/c1-4-15-9-10-24(13-15)17-6-8-21-23-18(12-22(26)25(21)14-17)16-5-7-19(27-2)20(11-16)28-3;2*1-2/h5-8,11-12,14-15H,4,9-10,13H2,1-3H3;2*1-2H3/t15-;;/m0../s1. The zero-order chi connectivity index (χ0) is 23.7. The number of aromatic nitrogens is 2. The molecule has 32 heavy (non-hydrogen) atoms. The number of rotatable bonds is 5. The molecular weight excluding hydrogens is 402 g/mol. The van der Waals surface area contributed by atoms with Crippen LogP contribution in [-0.4, -0.2) is 36.7 Å². The Morgan fingerprint density at radius 2 is 1.72 bits per heavy atom. The van der Waals surface area contributed by atoms with Gasteiger partial charge in [-0.2, -0.15) is 0 Å². The molecule has 0 aliphatic carbocycles.